The van der Waals surface area contributed by atoms with E-state index in [2.05, 4.69) is 12.6 Å². The number of carbonyl (C=O) groups excluding carboxylic acids is 3. The molecule has 2 heterocycles. The number of amides is 3. The van der Waals surface area contributed by atoms with E-state index in [-0.39, 0.29) is 17.7 Å². The van der Waals surface area contributed by atoms with Crippen molar-refractivity contribution in [2.24, 2.45) is 0 Å². The number of carbonyl (C=O) groups is 3. The van der Waals surface area contributed by atoms with E-state index < -0.39 is 6.04 Å². The second-order valence-corrected chi connectivity index (χ2v) is 5.56. The number of imide groups is 1. The van der Waals surface area contributed by atoms with Gasteiger partial charge in [-0.15, -0.1) is 12.6 Å². The van der Waals surface area contributed by atoms with E-state index in [4.69, 9.17) is 0 Å². The third kappa shape index (κ3) is 1.83. The first-order chi connectivity index (χ1) is 9.50. The van der Waals surface area contributed by atoms with Crippen LogP contribution in [0.25, 0.3) is 0 Å². The largest absolute Gasteiger partial charge is 0.322 e. The molecular weight excluding hydrogens is 276 g/mol. The Bertz CT molecular complexity index is 629. The topological polar surface area (TPSA) is 57.7 Å². The van der Waals surface area contributed by atoms with E-state index in [1.165, 1.54) is 7.05 Å². The molecule has 3 amide bonds. The SMILES string of the molecule is CN1C(=O)CCC(N2Cc3c(S)cccc3C2=O)C1=O. The molecule has 0 aliphatic carbocycles. The van der Waals surface area contributed by atoms with Crippen LogP contribution in [-0.4, -0.2) is 40.6 Å². The molecule has 0 spiro atoms. The van der Waals surface area contributed by atoms with Crippen LogP contribution in [0.5, 0.6) is 0 Å². The number of fused-ring (bicyclic) bond motifs is 1. The zero-order chi connectivity index (χ0) is 14.4. The van der Waals surface area contributed by atoms with Crippen molar-refractivity contribution in [1.29, 1.82) is 0 Å². The molecular formula is C14H14N2O3S. The number of benzene rings is 1. The van der Waals surface area contributed by atoms with Crippen molar-refractivity contribution in [3.05, 3.63) is 29.3 Å². The van der Waals surface area contributed by atoms with Crippen molar-refractivity contribution in [1.82, 2.24) is 9.80 Å². The molecule has 1 fully saturated rings. The average molecular weight is 290 g/mol. The van der Waals surface area contributed by atoms with Gasteiger partial charge in [0.2, 0.25) is 5.91 Å². The molecule has 2 aliphatic rings. The average Bonchev–Trinajstić information content (AvgIpc) is 2.76. The summed E-state index contributed by atoms with van der Waals surface area (Å²) >= 11 is 4.36. The van der Waals surface area contributed by atoms with Gasteiger partial charge < -0.3 is 4.90 Å². The van der Waals surface area contributed by atoms with Gasteiger partial charge in [-0.3, -0.25) is 19.3 Å². The number of hydrogen-bond donors (Lipinski definition) is 1. The van der Waals surface area contributed by atoms with Crippen LogP contribution in [0.2, 0.25) is 0 Å². The monoisotopic (exact) mass is 290 g/mol. The van der Waals surface area contributed by atoms with Gasteiger partial charge in [0.15, 0.2) is 0 Å². The first-order valence-corrected chi connectivity index (χ1v) is 6.87. The molecule has 1 atom stereocenters. The number of hydrogen-bond acceptors (Lipinski definition) is 4. The molecule has 0 saturated carbocycles. The normalized spacial score (nSPS) is 22.5. The Morgan fingerprint density at radius 2 is 2.00 bits per heavy atom. The molecule has 1 saturated heterocycles. The predicted molar refractivity (Wildman–Crippen MR) is 74.4 cm³/mol. The maximum absolute atomic E-state index is 12.4. The summed E-state index contributed by atoms with van der Waals surface area (Å²) in [4.78, 5) is 39.5. The summed E-state index contributed by atoms with van der Waals surface area (Å²) in [5, 5.41) is 0. The van der Waals surface area contributed by atoms with Crippen LogP contribution in [0.15, 0.2) is 23.1 Å². The number of rotatable bonds is 1. The van der Waals surface area contributed by atoms with Gasteiger partial charge in [-0.1, -0.05) is 6.07 Å². The lowest BCUT2D eigenvalue weighted by atomic mass is 10.0. The second-order valence-electron chi connectivity index (χ2n) is 5.08. The lowest BCUT2D eigenvalue weighted by Crippen LogP contribution is -2.53. The summed E-state index contributed by atoms with van der Waals surface area (Å²) in [7, 11) is 1.47. The molecule has 5 nitrogen and oxygen atoms in total. The van der Waals surface area contributed by atoms with Crippen molar-refractivity contribution in [3.63, 3.8) is 0 Å². The van der Waals surface area contributed by atoms with Gasteiger partial charge in [0.05, 0.1) is 0 Å². The van der Waals surface area contributed by atoms with Gasteiger partial charge in [0.25, 0.3) is 11.8 Å². The summed E-state index contributed by atoms with van der Waals surface area (Å²) in [5.41, 5.74) is 1.46. The van der Waals surface area contributed by atoms with Crippen LogP contribution >= 0.6 is 12.6 Å². The van der Waals surface area contributed by atoms with Gasteiger partial charge in [-0.25, -0.2) is 0 Å². The molecule has 1 unspecified atom stereocenters. The molecule has 104 valence electrons. The molecule has 0 N–H and O–H groups in total. The Hall–Kier alpha value is -1.82. The van der Waals surface area contributed by atoms with Crippen molar-refractivity contribution < 1.29 is 14.4 Å². The van der Waals surface area contributed by atoms with E-state index in [9.17, 15) is 14.4 Å². The molecule has 20 heavy (non-hydrogen) atoms. The summed E-state index contributed by atoms with van der Waals surface area (Å²) in [6.07, 6.45) is 0.685. The summed E-state index contributed by atoms with van der Waals surface area (Å²) in [6.45, 7) is 0.381. The molecule has 3 rings (SSSR count). The third-order valence-corrected chi connectivity index (χ3v) is 4.39. The highest BCUT2D eigenvalue weighted by atomic mass is 32.1. The summed E-state index contributed by atoms with van der Waals surface area (Å²) < 4.78 is 0. The fraction of sp³-hybridized carbons (Fsp3) is 0.357. The Balaban J connectivity index is 1.91. The van der Waals surface area contributed by atoms with Gasteiger partial charge >= 0.3 is 0 Å². The van der Waals surface area contributed by atoms with Gasteiger partial charge in [0.1, 0.15) is 6.04 Å². The number of likely N-dealkylation sites (tertiary alicyclic amines) is 1. The lowest BCUT2D eigenvalue weighted by Gasteiger charge is -2.33. The number of thiol groups is 1. The molecule has 1 aromatic rings. The lowest BCUT2D eigenvalue weighted by molar-refractivity contribution is -0.150. The summed E-state index contributed by atoms with van der Waals surface area (Å²) in [5.74, 6) is -0.648. The Morgan fingerprint density at radius 1 is 1.25 bits per heavy atom. The quantitative estimate of drug-likeness (QED) is 0.622. The fourth-order valence-electron chi connectivity index (χ4n) is 2.78. The van der Waals surface area contributed by atoms with Crippen molar-refractivity contribution in [3.8, 4) is 0 Å². The van der Waals surface area contributed by atoms with Crippen LogP contribution in [0.3, 0.4) is 0 Å². The minimum Gasteiger partial charge on any atom is -0.322 e. The molecule has 6 heteroatoms. The van der Waals surface area contributed by atoms with Crippen molar-refractivity contribution in [2.45, 2.75) is 30.3 Å². The van der Waals surface area contributed by atoms with E-state index in [0.717, 1.165) is 15.4 Å². The first-order valence-electron chi connectivity index (χ1n) is 6.43. The maximum Gasteiger partial charge on any atom is 0.255 e. The van der Waals surface area contributed by atoms with E-state index in [1.807, 2.05) is 6.07 Å². The van der Waals surface area contributed by atoms with Crippen LogP contribution < -0.4 is 0 Å². The van der Waals surface area contributed by atoms with E-state index in [1.54, 1.807) is 17.0 Å². The zero-order valence-corrected chi connectivity index (χ0v) is 11.9. The summed E-state index contributed by atoms with van der Waals surface area (Å²) in [6, 6.07) is 4.81. The maximum atomic E-state index is 12.4. The van der Waals surface area contributed by atoms with Gasteiger partial charge in [-0.2, -0.15) is 0 Å². The van der Waals surface area contributed by atoms with E-state index in [0.29, 0.717) is 24.9 Å². The van der Waals surface area contributed by atoms with Gasteiger partial charge in [0, 0.05) is 30.5 Å². The van der Waals surface area contributed by atoms with Crippen molar-refractivity contribution >= 4 is 30.4 Å². The van der Waals surface area contributed by atoms with Crippen LogP contribution in [0, 0.1) is 0 Å². The molecule has 0 aromatic heterocycles. The first kappa shape index (κ1) is 13.2. The Labute approximate surface area is 121 Å². The smallest absolute Gasteiger partial charge is 0.255 e. The minimum atomic E-state index is -0.551. The van der Waals surface area contributed by atoms with Crippen LogP contribution in [-0.2, 0) is 16.1 Å². The van der Waals surface area contributed by atoms with Crippen LogP contribution in [0.1, 0.15) is 28.8 Å². The Morgan fingerprint density at radius 3 is 2.70 bits per heavy atom. The molecule has 2 aliphatic heterocycles. The fourth-order valence-corrected chi connectivity index (χ4v) is 3.05. The third-order valence-electron chi connectivity index (χ3n) is 3.97. The number of nitrogens with zero attached hydrogens (tertiary/aromatic N) is 2. The number of piperidine rings is 1. The second kappa shape index (κ2) is 4.63. The van der Waals surface area contributed by atoms with E-state index >= 15 is 0 Å². The standard InChI is InChI=1S/C14H14N2O3S/c1-15-12(17)6-5-10(14(15)19)16-7-9-8(13(16)18)3-2-4-11(9)20/h2-4,10,20H,5-7H2,1H3. The highest BCUT2D eigenvalue weighted by Gasteiger charge is 2.41. The minimum absolute atomic E-state index is 0.156. The highest BCUT2D eigenvalue weighted by Crippen LogP contribution is 2.31. The molecule has 0 radical (unpaired) electrons. The van der Waals surface area contributed by atoms with Gasteiger partial charge in [-0.05, 0) is 24.1 Å². The highest BCUT2D eigenvalue weighted by molar-refractivity contribution is 7.80. The predicted octanol–water partition coefficient (Wildman–Crippen LogP) is 1.08. The van der Waals surface area contributed by atoms with Crippen molar-refractivity contribution in [2.75, 3.05) is 7.05 Å². The Kier molecular flexibility index (Phi) is 3.05. The molecule has 0 bridgehead atoms. The number of likely N-dealkylation sites (N-methyl/N-ethyl adjacent to an activating group) is 1. The zero-order valence-electron chi connectivity index (χ0n) is 11.0. The van der Waals surface area contributed by atoms with Crippen LogP contribution in [0.4, 0.5) is 0 Å². The molecule has 1 aromatic carbocycles.